The maximum Gasteiger partial charge on any atom is 0.410 e. The number of aryl methyl sites for hydroxylation is 1. The molecule has 0 radical (unpaired) electrons. The highest BCUT2D eigenvalue weighted by molar-refractivity contribution is 5.71. The van der Waals surface area contributed by atoms with Crippen molar-refractivity contribution in [2.75, 3.05) is 24.5 Å². The van der Waals surface area contributed by atoms with E-state index in [2.05, 4.69) is 14.9 Å². The van der Waals surface area contributed by atoms with Gasteiger partial charge in [0.15, 0.2) is 0 Å². The first-order valence-electron chi connectivity index (χ1n) is 8.44. The van der Waals surface area contributed by atoms with Crippen LogP contribution in [0.1, 0.15) is 12.0 Å². The van der Waals surface area contributed by atoms with E-state index in [0.717, 1.165) is 18.4 Å². The number of hydrogen-bond donors (Lipinski definition) is 0. The van der Waals surface area contributed by atoms with Gasteiger partial charge in [-0.1, -0.05) is 12.1 Å². The number of anilines is 1. The first-order valence-corrected chi connectivity index (χ1v) is 8.44. The van der Waals surface area contributed by atoms with Crippen molar-refractivity contribution in [2.45, 2.75) is 25.0 Å². The monoisotopic (exact) mass is 342 g/mol. The quantitative estimate of drug-likeness (QED) is 0.834. The third-order valence-electron chi connectivity index (χ3n) is 4.74. The number of hydrogen-bond acceptors (Lipinski definition) is 5. The van der Waals surface area contributed by atoms with Gasteiger partial charge in [-0.3, -0.25) is 4.90 Å². The Morgan fingerprint density at radius 3 is 2.68 bits per heavy atom. The lowest BCUT2D eigenvalue weighted by atomic mass is 10.1. The number of fused-ring (bicyclic) bond motifs is 1. The van der Waals surface area contributed by atoms with E-state index >= 15 is 0 Å². The third-order valence-corrected chi connectivity index (χ3v) is 4.74. The highest BCUT2D eigenvalue weighted by Gasteiger charge is 2.47. The van der Waals surface area contributed by atoms with Gasteiger partial charge in [0.1, 0.15) is 11.9 Å². The fourth-order valence-electron chi connectivity index (χ4n) is 3.48. The molecule has 3 heterocycles. The van der Waals surface area contributed by atoms with Gasteiger partial charge in [0.2, 0.25) is 5.95 Å². The van der Waals surface area contributed by atoms with Crippen molar-refractivity contribution < 1.29 is 13.9 Å². The van der Waals surface area contributed by atoms with E-state index in [-0.39, 0.29) is 24.1 Å². The van der Waals surface area contributed by atoms with Gasteiger partial charge in [-0.05, 0) is 36.6 Å². The smallest absolute Gasteiger partial charge is 0.410 e. The molecule has 4 rings (SSSR count). The van der Waals surface area contributed by atoms with E-state index in [1.807, 2.05) is 0 Å². The predicted octanol–water partition coefficient (Wildman–Crippen LogP) is 2.26. The van der Waals surface area contributed by atoms with Crippen LogP contribution in [0.4, 0.5) is 15.1 Å². The second kappa shape index (κ2) is 6.66. The minimum atomic E-state index is -0.247. The van der Waals surface area contributed by atoms with Crippen LogP contribution in [-0.2, 0) is 11.2 Å². The number of ether oxygens (including phenoxy) is 1. The fourth-order valence-corrected chi connectivity index (χ4v) is 3.48. The molecule has 0 bridgehead atoms. The predicted molar refractivity (Wildman–Crippen MR) is 89.7 cm³/mol. The molecule has 2 atom stereocenters. The molecule has 0 saturated carbocycles. The molecule has 1 amide bonds. The van der Waals surface area contributed by atoms with E-state index < -0.39 is 0 Å². The minimum Gasteiger partial charge on any atom is -0.442 e. The maximum atomic E-state index is 12.9. The molecule has 7 heteroatoms. The Balaban J connectivity index is 1.35. The molecule has 0 aliphatic carbocycles. The number of rotatable bonds is 5. The molecule has 2 aliphatic rings. The van der Waals surface area contributed by atoms with Gasteiger partial charge in [-0.2, -0.15) is 0 Å². The highest BCUT2D eigenvalue weighted by atomic mass is 19.1. The van der Waals surface area contributed by atoms with E-state index in [0.29, 0.717) is 25.6 Å². The molecular weight excluding hydrogens is 323 g/mol. The van der Waals surface area contributed by atoms with Crippen molar-refractivity contribution in [1.82, 2.24) is 14.9 Å². The van der Waals surface area contributed by atoms with Crippen LogP contribution in [0, 0.1) is 5.82 Å². The summed E-state index contributed by atoms with van der Waals surface area (Å²) in [6, 6.07) is 8.30. The normalized spacial score (nSPS) is 22.2. The molecule has 130 valence electrons. The van der Waals surface area contributed by atoms with Gasteiger partial charge >= 0.3 is 6.09 Å². The van der Waals surface area contributed by atoms with Gasteiger partial charge in [-0.15, -0.1) is 0 Å². The molecule has 0 spiro atoms. The van der Waals surface area contributed by atoms with Crippen LogP contribution >= 0.6 is 0 Å². The lowest BCUT2D eigenvalue weighted by Gasteiger charge is -2.22. The van der Waals surface area contributed by atoms with Crippen LogP contribution in [-0.4, -0.2) is 52.7 Å². The van der Waals surface area contributed by atoms with Gasteiger partial charge in [0.05, 0.1) is 12.6 Å². The SMILES string of the molecule is O=C1O[C@@H]2CN(c3ncccn3)C[C@@H]2N1CCCc1ccc(F)cc1. The summed E-state index contributed by atoms with van der Waals surface area (Å²) in [4.78, 5) is 24.5. The molecule has 2 aromatic rings. The van der Waals surface area contributed by atoms with Crippen LogP contribution < -0.4 is 4.90 Å². The van der Waals surface area contributed by atoms with Crippen molar-refractivity contribution in [3.63, 3.8) is 0 Å². The van der Waals surface area contributed by atoms with Gasteiger partial charge in [-0.25, -0.2) is 19.2 Å². The van der Waals surface area contributed by atoms with Gasteiger partial charge in [0, 0.05) is 25.5 Å². The van der Waals surface area contributed by atoms with Crippen molar-refractivity contribution in [3.8, 4) is 0 Å². The lowest BCUT2D eigenvalue weighted by molar-refractivity contribution is 0.135. The summed E-state index contributed by atoms with van der Waals surface area (Å²) >= 11 is 0. The lowest BCUT2D eigenvalue weighted by Crippen LogP contribution is -2.39. The van der Waals surface area contributed by atoms with Gasteiger partial charge < -0.3 is 9.64 Å². The topological polar surface area (TPSA) is 58.6 Å². The molecule has 6 nitrogen and oxygen atoms in total. The molecule has 1 aromatic carbocycles. The molecule has 1 aromatic heterocycles. The third kappa shape index (κ3) is 3.26. The number of amides is 1. The summed E-state index contributed by atoms with van der Waals surface area (Å²) in [6.45, 7) is 1.92. The molecule has 0 N–H and O–H groups in total. The van der Waals surface area contributed by atoms with Crippen molar-refractivity contribution in [1.29, 1.82) is 0 Å². The number of nitrogens with zero attached hydrogens (tertiary/aromatic N) is 4. The Bertz CT molecular complexity index is 741. The first kappa shape index (κ1) is 15.8. The van der Waals surface area contributed by atoms with Crippen LogP contribution in [0.3, 0.4) is 0 Å². The number of carbonyl (C=O) groups excluding carboxylic acids is 1. The second-order valence-corrected chi connectivity index (χ2v) is 6.37. The van der Waals surface area contributed by atoms with Crippen LogP contribution in [0.15, 0.2) is 42.7 Å². The summed E-state index contributed by atoms with van der Waals surface area (Å²) in [5.41, 5.74) is 1.07. The van der Waals surface area contributed by atoms with Crippen molar-refractivity contribution in [2.24, 2.45) is 0 Å². The fraction of sp³-hybridized carbons (Fsp3) is 0.389. The molecule has 2 saturated heterocycles. The van der Waals surface area contributed by atoms with E-state index in [9.17, 15) is 9.18 Å². The van der Waals surface area contributed by atoms with E-state index in [1.54, 1.807) is 35.5 Å². The summed E-state index contributed by atoms with van der Waals surface area (Å²) in [7, 11) is 0. The summed E-state index contributed by atoms with van der Waals surface area (Å²) in [5.74, 6) is 0.433. The number of halogens is 1. The second-order valence-electron chi connectivity index (χ2n) is 6.37. The van der Waals surface area contributed by atoms with Gasteiger partial charge in [0.25, 0.3) is 0 Å². The molecule has 2 aliphatic heterocycles. The number of aromatic nitrogens is 2. The largest absolute Gasteiger partial charge is 0.442 e. The van der Waals surface area contributed by atoms with Crippen LogP contribution in [0.25, 0.3) is 0 Å². The Morgan fingerprint density at radius 1 is 1.16 bits per heavy atom. The number of carbonyl (C=O) groups is 1. The Kier molecular flexibility index (Phi) is 4.21. The summed E-state index contributed by atoms with van der Waals surface area (Å²) in [5, 5.41) is 0. The zero-order valence-electron chi connectivity index (χ0n) is 13.7. The maximum absolute atomic E-state index is 12.9. The molecule has 0 unspecified atom stereocenters. The van der Waals surface area contributed by atoms with E-state index in [1.165, 1.54) is 12.1 Å². The molecular formula is C18H19FN4O2. The number of benzene rings is 1. The van der Waals surface area contributed by atoms with E-state index in [4.69, 9.17) is 4.74 Å². The Labute approximate surface area is 145 Å². The van der Waals surface area contributed by atoms with Crippen LogP contribution in [0.2, 0.25) is 0 Å². The molecule has 25 heavy (non-hydrogen) atoms. The van der Waals surface area contributed by atoms with Crippen LogP contribution in [0.5, 0.6) is 0 Å². The summed E-state index contributed by atoms with van der Waals surface area (Å²) < 4.78 is 18.5. The minimum absolute atomic E-state index is 0.0320. The van der Waals surface area contributed by atoms with Crippen molar-refractivity contribution >= 4 is 12.0 Å². The average Bonchev–Trinajstić information content (AvgIpc) is 3.16. The first-order chi connectivity index (χ1) is 12.2. The summed E-state index contributed by atoms with van der Waals surface area (Å²) in [6.07, 6.45) is 4.65. The standard InChI is InChI=1S/C18H19FN4O2/c19-14-6-4-13(5-7-14)3-1-10-23-15-11-22(12-16(15)25-18(23)24)17-20-8-2-9-21-17/h2,4-9,15-16H,1,3,10-12H2/t15-,16+/m0/s1. The van der Waals surface area contributed by atoms with Crippen molar-refractivity contribution in [3.05, 3.63) is 54.1 Å². The zero-order chi connectivity index (χ0) is 17.2. The highest BCUT2D eigenvalue weighted by Crippen LogP contribution is 2.28. The zero-order valence-corrected chi connectivity index (χ0v) is 13.7. The molecule has 2 fully saturated rings. The average molecular weight is 342 g/mol. The Hall–Kier alpha value is -2.70. The Morgan fingerprint density at radius 2 is 1.92 bits per heavy atom.